The van der Waals surface area contributed by atoms with Crippen LogP contribution in [0.15, 0.2) is 66.7 Å². The van der Waals surface area contributed by atoms with Gasteiger partial charge in [-0.25, -0.2) is 0 Å². The van der Waals surface area contributed by atoms with Gasteiger partial charge in [0.2, 0.25) is 5.91 Å². The number of carbonyl (C=O) groups excluding carboxylic acids is 1. The first-order chi connectivity index (χ1) is 14.5. The molecule has 0 aliphatic carbocycles. The van der Waals surface area contributed by atoms with E-state index >= 15 is 0 Å². The molecule has 0 saturated heterocycles. The van der Waals surface area contributed by atoms with Crippen LogP contribution in [-0.4, -0.2) is 19.6 Å². The van der Waals surface area contributed by atoms with Gasteiger partial charge in [-0.05, 0) is 66.3 Å². The van der Waals surface area contributed by atoms with Crippen molar-refractivity contribution in [2.24, 2.45) is 0 Å². The fourth-order valence-corrected chi connectivity index (χ4v) is 4.12. The average molecular weight is 422 g/mol. The predicted molar refractivity (Wildman–Crippen MR) is 120 cm³/mol. The summed E-state index contributed by atoms with van der Waals surface area (Å²) >= 11 is 5.99. The highest BCUT2D eigenvalue weighted by atomic mass is 35.5. The topological polar surface area (TPSA) is 38.8 Å². The SMILES string of the molecule is COc1ccc2c(c1)N(C(C)=O)CCC2Cc1ccccc1Oc1ccc(Cl)cc1. The van der Waals surface area contributed by atoms with Crippen molar-refractivity contribution >= 4 is 23.2 Å². The highest BCUT2D eigenvalue weighted by molar-refractivity contribution is 6.30. The summed E-state index contributed by atoms with van der Waals surface area (Å²) in [7, 11) is 1.64. The van der Waals surface area contributed by atoms with E-state index < -0.39 is 0 Å². The van der Waals surface area contributed by atoms with Crippen LogP contribution in [0.1, 0.15) is 30.4 Å². The molecule has 0 fully saturated rings. The second kappa shape index (κ2) is 8.80. The van der Waals surface area contributed by atoms with Gasteiger partial charge in [0.05, 0.1) is 12.8 Å². The summed E-state index contributed by atoms with van der Waals surface area (Å²) in [6, 6.07) is 21.5. The van der Waals surface area contributed by atoms with Gasteiger partial charge in [-0.1, -0.05) is 35.9 Å². The molecule has 1 amide bonds. The molecule has 0 saturated carbocycles. The molecule has 1 aliphatic heterocycles. The van der Waals surface area contributed by atoms with Crippen molar-refractivity contribution in [3.63, 3.8) is 0 Å². The van der Waals surface area contributed by atoms with Crippen LogP contribution in [0.4, 0.5) is 5.69 Å². The number of halogens is 1. The van der Waals surface area contributed by atoms with Crippen molar-refractivity contribution in [3.05, 3.63) is 82.9 Å². The minimum atomic E-state index is 0.0504. The molecule has 4 nitrogen and oxygen atoms in total. The highest BCUT2D eigenvalue weighted by Gasteiger charge is 2.28. The van der Waals surface area contributed by atoms with Crippen LogP contribution in [0.2, 0.25) is 5.02 Å². The molecule has 30 heavy (non-hydrogen) atoms. The number of fused-ring (bicyclic) bond motifs is 1. The lowest BCUT2D eigenvalue weighted by Crippen LogP contribution is -2.35. The van der Waals surface area contributed by atoms with Gasteiger partial charge in [-0.15, -0.1) is 0 Å². The lowest BCUT2D eigenvalue weighted by molar-refractivity contribution is -0.116. The van der Waals surface area contributed by atoms with E-state index in [0.29, 0.717) is 11.6 Å². The first-order valence-corrected chi connectivity index (χ1v) is 10.4. The number of hydrogen-bond acceptors (Lipinski definition) is 3. The zero-order valence-electron chi connectivity index (χ0n) is 17.1. The molecule has 0 spiro atoms. The molecule has 0 bridgehead atoms. The first kappa shape index (κ1) is 20.3. The number of benzene rings is 3. The fourth-order valence-electron chi connectivity index (χ4n) is 4.00. The molecule has 1 heterocycles. The van der Waals surface area contributed by atoms with Crippen molar-refractivity contribution in [2.45, 2.75) is 25.7 Å². The van der Waals surface area contributed by atoms with Crippen molar-refractivity contribution in [1.29, 1.82) is 0 Å². The fraction of sp³-hybridized carbons (Fsp3) is 0.240. The van der Waals surface area contributed by atoms with E-state index in [0.717, 1.165) is 41.3 Å². The predicted octanol–water partition coefficient (Wildman–Crippen LogP) is 6.22. The zero-order valence-corrected chi connectivity index (χ0v) is 17.9. The van der Waals surface area contributed by atoms with E-state index in [1.54, 1.807) is 14.0 Å². The Hall–Kier alpha value is -2.98. The summed E-state index contributed by atoms with van der Waals surface area (Å²) in [6.07, 6.45) is 1.73. The van der Waals surface area contributed by atoms with Crippen molar-refractivity contribution < 1.29 is 14.3 Å². The number of rotatable bonds is 5. The molecule has 0 aromatic heterocycles. The molecular formula is C25H24ClNO3. The Morgan fingerprint density at radius 3 is 2.53 bits per heavy atom. The molecule has 1 aliphatic rings. The Morgan fingerprint density at radius 2 is 1.80 bits per heavy atom. The largest absolute Gasteiger partial charge is 0.497 e. The molecule has 4 rings (SSSR count). The van der Waals surface area contributed by atoms with Crippen LogP contribution < -0.4 is 14.4 Å². The van der Waals surface area contributed by atoms with Gasteiger partial charge in [0.15, 0.2) is 0 Å². The first-order valence-electron chi connectivity index (χ1n) is 10.0. The average Bonchev–Trinajstić information content (AvgIpc) is 2.76. The summed E-state index contributed by atoms with van der Waals surface area (Å²) in [6.45, 7) is 2.30. The Kier molecular flexibility index (Phi) is 5.96. The van der Waals surface area contributed by atoms with Crippen molar-refractivity contribution in [1.82, 2.24) is 0 Å². The smallest absolute Gasteiger partial charge is 0.223 e. The molecule has 1 atom stereocenters. The lowest BCUT2D eigenvalue weighted by atomic mass is 9.84. The van der Waals surface area contributed by atoms with Crippen LogP contribution >= 0.6 is 11.6 Å². The molecule has 5 heteroatoms. The number of carbonyl (C=O) groups is 1. The normalized spacial score (nSPS) is 15.4. The van der Waals surface area contributed by atoms with E-state index in [4.69, 9.17) is 21.1 Å². The lowest BCUT2D eigenvalue weighted by Gasteiger charge is -2.34. The molecule has 0 radical (unpaired) electrons. The monoisotopic (exact) mass is 421 g/mol. The number of ether oxygens (including phenoxy) is 2. The van der Waals surface area contributed by atoms with Gasteiger partial charge in [-0.3, -0.25) is 4.79 Å². The third kappa shape index (κ3) is 4.29. The minimum absolute atomic E-state index is 0.0504. The van der Waals surface area contributed by atoms with E-state index in [1.165, 1.54) is 5.56 Å². The van der Waals surface area contributed by atoms with Gasteiger partial charge in [-0.2, -0.15) is 0 Å². The van der Waals surface area contributed by atoms with Crippen LogP contribution in [0, 0.1) is 0 Å². The summed E-state index contributed by atoms with van der Waals surface area (Å²) < 4.78 is 11.5. The van der Waals surface area contributed by atoms with Crippen LogP contribution in [0.25, 0.3) is 0 Å². The van der Waals surface area contributed by atoms with Gasteiger partial charge >= 0.3 is 0 Å². The molecule has 3 aromatic carbocycles. The molecule has 3 aromatic rings. The minimum Gasteiger partial charge on any atom is -0.497 e. The maximum Gasteiger partial charge on any atom is 0.223 e. The summed E-state index contributed by atoms with van der Waals surface area (Å²) in [5.41, 5.74) is 3.24. The Bertz CT molecular complexity index is 1050. The Labute approximate surface area is 182 Å². The number of methoxy groups -OCH3 is 1. The number of amides is 1. The van der Waals surface area contributed by atoms with Gasteiger partial charge in [0.1, 0.15) is 17.2 Å². The van der Waals surface area contributed by atoms with Gasteiger partial charge in [0.25, 0.3) is 0 Å². The maximum atomic E-state index is 12.2. The molecule has 154 valence electrons. The summed E-state index contributed by atoms with van der Waals surface area (Å²) in [5, 5.41) is 0.680. The number of anilines is 1. The van der Waals surface area contributed by atoms with Crippen molar-refractivity contribution in [3.8, 4) is 17.2 Å². The van der Waals surface area contributed by atoms with Gasteiger partial charge in [0, 0.05) is 24.6 Å². The van der Waals surface area contributed by atoms with Crippen LogP contribution in [0.3, 0.4) is 0 Å². The summed E-state index contributed by atoms with van der Waals surface area (Å²) in [4.78, 5) is 14.0. The summed E-state index contributed by atoms with van der Waals surface area (Å²) in [5.74, 6) is 2.69. The Balaban J connectivity index is 1.63. The quantitative estimate of drug-likeness (QED) is 0.490. The second-order valence-electron chi connectivity index (χ2n) is 7.45. The zero-order chi connectivity index (χ0) is 21.1. The van der Waals surface area contributed by atoms with Crippen LogP contribution in [0.5, 0.6) is 17.2 Å². The number of hydrogen-bond donors (Lipinski definition) is 0. The maximum absolute atomic E-state index is 12.2. The third-order valence-corrected chi connectivity index (χ3v) is 5.78. The molecule has 1 unspecified atom stereocenters. The number of nitrogens with zero attached hydrogens (tertiary/aromatic N) is 1. The van der Waals surface area contributed by atoms with Crippen molar-refractivity contribution in [2.75, 3.05) is 18.6 Å². The molecule has 0 N–H and O–H groups in total. The standard InChI is InChI=1S/C25H24ClNO3/c1-17(28)27-14-13-18(23-12-11-22(29-2)16-24(23)27)15-19-5-3-4-6-25(19)30-21-9-7-20(26)8-10-21/h3-12,16,18H,13-15H2,1-2H3. The Morgan fingerprint density at radius 1 is 1.07 bits per heavy atom. The molecular weight excluding hydrogens is 398 g/mol. The van der Waals surface area contributed by atoms with E-state index in [2.05, 4.69) is 12.1 Å². The van der Waals surface area contributed by atoms with Crippen LogP contribution in [-0.2, 0) is 11.2 Å². The van der Waals surface area contributed by atoms with E-state index in [9.17, 15) is 4.79 Å². The second-order valence-corrected chi connectivity index (χ2v) is 7.89. The third-order valence-electron chi connectivity index (χ3n) is 5.53. The highest BCUT2D eigenvalue weighted by Crippen LogP contribution is 2.41. The number of para-hydroxylation sites is 1. The van der Waals surface area contributed by atoms with Gasteiger partial charge < -0.3 is 14.4 Å². The van der Waals surface area contributed by atoms with E-state index in [-0.39, 0.29) is 11.8 Å². The van der Waals surface area contributed by atoms with E-state index in [1.807, 2.05) is 59.5 Å².